The van der Waals surface area contributed by atoms with Gasteiger partial charge in [0, 0.05) is 5.02 Å². The van der Waals surface area contributed by atoms with Gasteiger partial charge in [0.2, 0.25) is 0 Å². The van der Waals surface area contributed by atoms with Crippen LogP contribution < -0.4 is 10.1 Å². The van der Waals surface area contributed by atoms with E-state index in [1.807, 2.05) is 0 Å². The van der Waals surface area contributed by atoms with Crippen molar-refractivity contribution in [1.29, 1.82) is 0 Å². The van der Waals surface area contributed by atoms with Crippen LogP contribution >= 0.6 is 11.6 Å². The van der Waals surface area contributed by atoms with Gasteiger partial charge in [-0.1, -0.05) is 30.5 Å². The average Bonchev–Trinajstić information content (AvgIpc) is 2.41. The van der Waals surface area contributed by atoms with Crippen molar-refractivity contribution in [3.8, 4) is 5.75 Å². The van der Waals surface area contributed by atoms with Gasteiger partial charge < -0.3 is 15.2 Å². The monoisotopic (exact) mass is 297 g/mol. The van der Waals surface area contributed by atoms with Gasteiger partial charge in [-0.3, -0.25) is 4.79 Å². The number of carbonyl (C=O) groups is 1. The molecule has 1 aromatic rings. The second-order valence-electron chi connectivity index (χ2n) is 5.18. The summed E-state index contributed by atoms with van der Waals surface area (Å²) in [5.74, 6) is 0.347. The van der Waals surface area contributed by atoms with Gasteiger partial charge in [0.1, 0.15) is 5.75 Å². The minimum absolute atomic E-state index is 0.165. The zero-order chi connectivity index (χ0) is 14.5. The van der Waals surface area contributed by atoms with Crippen LogP contribution in [0.4, 0.5) is 0 Å². The van der Waals surface area contributed by atoms with Crippen molar-refractivity contribution >= 4 is 17.5 Å². The second-order valence-corrected chi connectivity index (χ2v) is 5.62. The maximum atomic E-state index is 12.1. The van der Waals surface area contributed by atoms with Crippen LogP contribution in [0.2, 0.25) is 5.02 Å². The van der Waals surface area contributed by atoms with Crippen LogP contribution in [-0.2, 0) is 4.79 Å². The fourth-order valence-corrected chi connectivity index (χ4v) is 2.56. The Morgan fingerprint density at radius 1 is 1.45 bits per heavy atom. The fourth-order valence-electron chi connectivity index (χ4n) is 2.38. The zero-order valence-corrected chi connectivity index (χ0v) is 12.3. The van der Waals surface area contributed by atoms with Crippen LogP contribution in [0.15, 0.2) is 24.3 Å². The molecule has 2 N–H and O–H groups in total. The lowest BCUT2D eigenvalue weighted by Crippen LogP contribution is -2.49. The van der Waals surface area contributed by atoms with Crippen LogP contribution in [0.5, 0.6) is 5.75 Å². The first-order chi connectivity index (χ1) is 9.56. The number of ether oxygens (including phenoxy) is 1. The van der Waals surface area contributed by atoms with Crippen molar-refractivity contribution < 1.29 is 14.6 Å². The maximum absolute atomic E-state index is 12.1. The highest BCUT2D eigenvalue weighted by atomic mass is 35.5. The quantitative estimate of drug-likeness (QED) is 0.898. The molecule has 1 aromatic carbocycles. The highest BCUT2D eigenvalue weighted by molar-refractivity contribution is 6.30. The molecule has 1 aliphatic rings. The minimum atomic E-state index is -0.623. The predicted molar refractivity (Wildman–Crippen MR) is 77.9 cm³/mol. The van der Waals surface area contributed by atoms with Gasteiger partial charge >= 0.3 is 0 Å². The van der Waals surface area contributed by atoms with Gasteiger partial charge in [0.15, 0.2) is 6.10 Å². The molecule has 0 saturated heterocycles. The SMILES string of the molecule is CC(Oc1cccc(Cl)c1)C(=O)NC1CCCCC1O. The van der Waals surface area contributed by atoms with Gasteiger partial charge in [-0.25, -0.2) is 0 Å². The van der Waals surface area contributed by atoms with Crippen molar-refractivity contribution in [2.75, 3.05) is 0 Å². The molecule has 110 valence electrons. The number of hydrogen-bond donors (Lipinski definition) is 2. The van der Waals surface area contributed by atoms with E-state index in [4.69, 9.17) is 16.3 Å². The summed E-state index contributed by atoms with van der Waals surface area (Å²) < 4.78 is 5.56. The third kappa shape index (κ3) is 4.12. The zero-order valence-electron chi connectivity index (χ0n) is 11.5. The first kappa shape index (κ1) is 15.1. The lowest BCUT2D eigenvalue weighted by Gasteiger charge is -2.29. The summed E-state index contributed by atoms with van der Waals surface area (Å²) in [7, 11) is 0. The van der Waals surface area contributed by atoms with E-state index in [1.165, 1.54) is 0 Å². The van der Waals surface area contributed by atoms with Crippen molar-refractivity contribution in [3.63, 3.8) is 0 Å². The van der Waals surface area contributed by atoms with Crippen LogP contribution in [0.3, 0.4) is 0 Å². The van der Waals surface area contributed by atoms with Crippen molar-refractivity contribution in [1.82, 2.24) is 5.32 Å². The summed E-state index contributed by atoms with van der Waals surface area (Å²) in [4.78, 5) is 12.1. The Kier molecular flexibility index (Phi) is 5.26. The predicted octanol–water partition coefficient (Wildman–Crippen LogP) is 2.53. The Morgan fingerprint density at radius 3 is 2.90 bits per heavy atom. The summed E-state index contributed by atoms with van der Waals surface area (Å²) in [5.41, 5.74) is 0. The van der Waals surface area contributed by atoms with E-state index in [2.05, 4.69) is 5.32 Å². The number of aliphatic hydroxyl groups excluding tert-OH is 1. The number of carbonyl (C=O) groups excluding carboxylic acids is 1. The highest BCUT2D eigenvalue weighted by Crippen LogP contribution is 2.20. The van der Waals surface area contributed by atoms with E-state index < -0.39 is 12.2 Å². The van der Waals surface area contributed by atoms with E-state index in [-0.39, 0.29) is 11.9 Å². The number of rotatable bonds is 4. The molecule has 0 aliphatic heterocycles. The molecule has 0 aromatic heterocycles. The van der Waals surface area contributed by atoms with Crippen LogP contribution in [0.25, 0.3) is 0 Å². The van der Waals surface area contributed by atoms with Gasteiger partial charge in [-0.05, 0) is 38.0 Å². The topological polar surface area (TPSA) is 58.6 Å². The molecular formula is C15H20ClNO3. The Labute approximate surface area is 124 Å². The lowest BCUT2D eigenvalue weighted by atomic mass is 9.92. The third-order valence-electron chi connectivity index (χ3n) is 3.54. The van der Waals surface area contributed by atoms with Crippen LogP contribution in [-0.4, -0.2) is 29.3 Å². The molecular weight excluding hydrogens is 278 g/mol. The van der Waals surface area contributed by atoms with Gasteiger partial charge in [-0.2, -0.15) is 0 Å². The molecule has 2 rings (SSSR count). The van der Waals surface area contributed by atoms with Crippen LogP contribution in [0.1, 0.15) is 32.6 Å². The molecule has 20 heavy (non-hydrogen) atoms. The Balaban J connectivity index is 1.88. The summed E-state index contributed by atoms with van der Waals surface area (Å²) in [6, 6.07) is 6.78. The first-order valence-corrected chi connectivity index (χ1v) is 7.34. The van der Waals surface area contributed by atoms with E-state index in [9.17, 15) is 9.90 Å². The maximum Gasteiger partial charge on any atom is 0.261 e. The highest BCUT2D eigenvalue weighted by Gasteiger charge is 2.26. The molecule has 4 nitrogen and oxygen atoms in total. The van der Waals surface area contributed by atoms with E-state index >= 15 is 0 Å². The smallest absolute Gasteiger partial charge is 0.261 e. The minimum Gasteiger partial charge on any atom is -0.481 e. The van der Waals surface area contributed by atoms with Gasteiger partial charge in [-0.15, -0.1) is 0 Å². The number of benzene rings is 1. The molecule has 0 spiro atoms. The standard InChI is InChI=1S/C15H20ClNO3/c1-10(20-12-6-4-5-11(16)9-12)15(19)17-13-7-2-3-8-14(13)18/h4-6,9-10,13-14,18H,2-3,7-8H2,1H3,(H,17,19). The van der Waals surface area contributed by atoms with Crippen molar-refractivity contribution in [3.05, 3.63) is 29.3 Å². The number of amides is 1. The Morgan fingerprint density at radius 2 is 2.20 bits per heavy atom. The first-order valence-electron chi connectivity index (χ1n) is 6.97. The van der Waals surface area contributed by atoms with E-state index in [0.29, 0.717) is 10.8 Å². The normalized spacial score (nSPS) is 23.9. The molecule has 5 heteroatoms. The molecule has 1 fully saturated rings. The number of hydrogen-bond acceptors (Lipinski definition) is 3. The number of nitrogens with one attached hydrogen (secondary N) is 1. The number of halogens is 1. The Hall–Kier alpha value is -1.26. The van der Waals surface area contributed by atoms with E-state index in [0.717, 1.165) is 25.7 Å². The summed E-state index contributed by atoms with van der Waals surface area (Å²) in [6.45, 7) is 1.69. The summed E-state index contributed by atoms with van der Waals surface area (Å²) >= 11 is 5.87. The molecule has 0 radical (unpaired) electrons. The molecule has 0 heterocycles. The largest absolute Gasteiger partial charge is 0.481 e. The number of aliphatic hydroxyl groups is 1. The molecule has 3 unspecified atom stereocenters. The lowest BCUT2D eigenvalue weighted by molar-refractivity contribution is -0.129. The molecule has 1 amide bonds. The summed E-state index contributed by atoms with van der Waals surface area (Å²) in [6.07, 6.45) is 2.53. The Bertz CT molecular complexity index is 466. The van der Waals surface area contributed by atoms with Crippen molar-refractivity contribution in [2.45, 2.75) is 50.9 Å². The summed E-state index contributed by atoms with van der Waals surface area (Å²) in [5, 5.41) is 13.3. The fraction of sp³-hybridized carbons (Fsp3) is 0.533. The third-order valence-corrected chi connectivity index (χ3v) is 3.77. The van der Waals surface area contributed by atoms with Gasteiger partial charge in [0.05, 0.1) is 12.1 Å². The van der Waals surface area contributed by atoms with Crippen LogP contribution in [0, 0.1) is 0 Å². The molecule has 1 aliphatic carbocycles. The second kappa shape index (κ2) is 6.95. The molecule has 1 saturated carbocycles. The molecule has 0 bridgehead atoms. The van der Waals surface area contributed by atoms with Gasteiger partial charge in [0.25, 0.3) is 5.91 Å². The molecule has 3 atom stereocenters. The van der Waals surface area contributed by atoms with Crippen molar-refractivity contribution in [2.24, 2.45) is 0 Å². The van der Waals surface area contributed by atoms with E-state index in [1.54, 1.807) is 31.2 Å². The average molecular weight is 298 g/mol.